The Hall–Kier alpha value is -1.64. The molecule has 1 aliphatic heterocycles. The van der Waals surface area contributed by atoms with Gasteiger partial charge in [0.25, 0.3) is 0 Å². The number of nitrogens with one attached hydrogen (secondary N) is 2. The second-order valence-electron chi connectivity index (χ2n) is 5.92. The lowest BCUT2D eigenvalue weighted by molar-refractivity contribution is -0.139. The highest BCUT2D eigenvalue weighted by Gasteiger charge is 2.48. The summed E-state index contributed by atoms with van der Waals surface area (Å²) in [6, 6.07) is 6.74. The van der Waals surface area contributed by atoms with Crippen LogP contribution in [0.2, 0.25) is 0 Å². The number of carbonyl (C=O) groups is 2. The third kappa shape index (κ3) is 4.93. The molecule has 1 heterocycles. The fraction of sp³-hybridized carbons (Fsp3) is 0.500. The number of ether oxygens (including phenoxy) is 1. The van der Waals surface area contributed by atoms with Gasteiger partial charge >= 0.3 is 5.97 Å². The van der Waals surface area contributed by atoms with Crippen LogP contribution in [0.25, 0.3) is 0 Å². The van der Waals surface area contributed by atoms with Gasteiger partial charge in [-0.25, -0.2) is 8.42 Å². The first-order valence-electron chi connectivity index (χ1n) is 7.66. The summed E-state index contributed by atoms with van der Waals surface area (Å²) < 4.78 is 27.7. The molecule has 0 bridgehead atoms. The molecule has 2 N–H and O–H groups in total. The van der Waals surface area contributed by atoms with Gasteiger partial charge in [-0.15, -0.1) is 12.4 Å². The van der Waals surface area contributed by atoms with Crippen LogP contribution in [0.1, 0.15) is 18.4 Å². The number of methoxy groups -OCH3 is 1. The second kappa shape index (κ2) is 8.64. The number of halogens is 1. The highest BCUT2D eigenvalue weighted by molar-refractivity contribution is 7.92. The van der Waals surface area contributed by atoms with Crippen LogP contribution in [-0.2, 0) is 30.6 Å². The minimum atomic E-state index is -3.57. The quantitative estimate of drug-likeness (QED) is 0.725. The second-order valence-corrected chi connectivity index (χ2v) is 8.25. The molecule has 7 nitrogen and oxygen atoms in total. The molecule has 1 aromatic carbocycles. The lowest BCUT2D eigenvalue weighted by Crippen LogP contribution is -2.55. The van der Waals surface area contributed by atoms with Crippen LogP contribution in [-0.4, -0.2) is 51.5 Å². The summed E-state index contributed by atoms with van der Waals surface area (Å²) in [5, 5.41) is 5.76. The standard InChI is InChI=1S/C16H22N2O5S.ClH/c1-23-14(19)11-12-4-3-5-13(10-12)18-15(20)16(24(2,21)22)6-8-17-9-7-16;/h3-5,10,17H,6-9,11H2,1-2H3,(H,18,20);1H. The summed E-state index contributed by atoms with van der Waals surface area (Å²) in [5.41, 5.74) is 1.14. The van der Waals surface area contributed by atoms with Crippen molar-refractivity contribution in [3.05, 3.63) is 29.8 Å². The fourth-order valence-electron chi connectivity index (χ4n) is 2.84. The van der Waals surface area contributed by atoms with Crippen molar-refractivity contribution in [2.24, 2.45) is 0 Å². The summed E-state index contributed by atoms with van der Waals surface area (Å²) in [6.45, 7) is 0.950. The van der Waals surface area contributed by atoms with E-state index in [0.29, 0.717) is 24.3 Å². The molecule has 0 aliphatic carbocycles. The zero-order valence-electron chi connectivity index (χ0n) is 14.2. The van der Waals surface area contributed by atoms with Crippen molar-refractivity contribution in [2.45, 2.75) is 24.0 Å². The van der Waals surface area contributed by atoms with Gasteiger partial charge in [0.2, 0.25) is 5.91 Å². The molecule has 9 heteroatoms. The molecule has 0 spiro atoms. The minimum absolute atomic E-state index is 0. The van der Waals surface area contributed by atoms with Gasteiger partial charge in [0, 0.05) is 11.9 Å². The molecule has 1 amide bonds. The number of hydrogen-bond donors (Lipinski definition) is 2. The molecule has 2 rings (SSSR count). The van der Waals surface area contributed by atoms with E-state index in [1.54, 1.807) is 24.3 Å². The van der Waals surface area contributed by atoms with Gasteiger partial charge in [-0.1, -0.05) is 12.1 Å². The largest absolute Gasteiger partial charge is 0.469 e. The molecule has 0 atom stereocenters. The number of rotatable bonds is 5. The van der Waals surface area contributed by atoms with Gasteiger partial charge in [-0.3, -0.25) is 9.59 Å². The summed E-state index contributed by atoms with van der Waals surface area (Å²) in [6.07, 6.45) is 1.66. The zero-order valence-corrected chi connectivity index (χ0v) is 15.8. The van der Waals surface area contributed by atoms with Gasteiger partial charge in [0.15, 0.2) is 14.6 Å². The molecule has 0 radical (unpaired) electrons. The molecule has 1 saturated heterocycles. The van der Waals surface area contributed by atoms with E-state index in [4.69, 9.17) is 0 Å². The van der Waals surface area contributed by atoms with Crippen molar-refractivity contribution >= 4 is 39.8 Å². The van der Waals surface area contributed by atoms with E-state index in [1.165, 1.54) is 7.11 Å². The van der Waals surface area contributed by atoms with E-state index in [9.17, 15) is 18.0 Å². The maximum absolute atomic E-state index is 12.7. The molecule has 0 unspecified atom stereocenters. The van der Waals surface area contributed by atoms with Gasteiger partial charge in [-0.2, -0.15) is 0 Å². The molecular weight excluding hydrogens is 368 g/mol. The van der Waals surface area contributed by atoms with Crippen LogP contribution in [0.5, 0.6) is 0 Å². The number of esters is 1. The van der Waals surface area contributed by atoms with E-state index < -0.39 is 20.5 Å². The van der Waals surface area contributed by atoms with Crippen molar-refractivity contribution in [2.75, 3.05) is 31.8 Å². The summed E-state index contributed by atoms with van der Waals surface area (Å²) in [4.78, 5) is 24.1. The fourth-order valence-corrected chi connectivity index (χ4v) is 4.17. The average Bonchev–Trinajstić information content (AvgIpc) is 2.54. The van der Waals surface area contributed by atoms with Crippen LogP contribution in [0.15, 0.2) is 24.3 Å². The smallest absolute Gasteiger partial charge is 0.309 e. The Morgan fingerprint density at radius 2 is 1.92 bits per heavy atom. The Labute approximate surface area is 153 Å². The SMILES string of the molecule is COC(=O)Cc1cccc(NC(=O)C2(S(C)(=O)=O)CCNCC2)c1.Cl. The number of benzene rings is 1. The molecule has 1 aliphatic rings. The van der Waals surface area contributed by atoms with Gasteiger partial charge < -0.3 is 15.4 Å². The monoisotopic (exact) mass is 390 g/mol. The van der Waals surface area contributed by atoms with E-state index in [-0.39, 0.29) is 37.6 Å². The number of piperidine rings is 1. The first kappa shape index (κ1) is 21.4. The Morgan fingerprint density at radius 1 is 1.28 bits per heavy atom. The summed E-state index contributed by atoms with van der Waals surface area (Å²) in [7, 11) is -2.26. The van der Waals surface area contributed by atoms with Gasteiger partial charge in [0.1, 0.15) is 0 Å². The predicted molar refractivity (Wildman–Crippen MR) is 97.7 cm³/mol. The normalized spacial score (nSPS) is 16.4. The predicted octanol–water partition coefficient (Wildman–Crippen LogP) is 0.929. The highest BCUT2D eigenvalue weighted by atomic mass is 35.5. The van der Waals surface area contributed by atoms with E-state index >= 15 is 0 Å². The topological polar surface area (TPSA) is 102 Å². The van der Waals surface area contributed by atoms with Crippen LogP contribution >= 0.6 is 12.4 Å². The molecule has 0 aromatic heterocycles. The number of amides is 1. The van der Waals surface area contributed by atoms with Gasteiger partial charge in [0.05, 0.1) is 13.5 Å². The molecule has 140 valence electrons. The third-order valence-corrected chi connectivity index (χ3v) is 6.31. The van der Waals surface area contributed by atoms with E-state index in [1.807, 2.05) is 0 Å². The van der Waals surface area contributed by atoms with Crippen LogP contribution in [0, 0.1) is 0 Å². The van der Waals surface area contributed by atoms with Crippen LogP contribution in [0.4, 0.5) is 5.69 Å². The number of hydrogen-bond acceptors (Lipinski definition) is 6. The maximum atomic E-state index is 12.7. The minimum Gasteiger partial charge on any atom is -0.469 e. The van der Waals surface area contributed by atoms with Crippen LogP contribution < -0.4 is 10.6 Å². The number of carbonyl (C=O) groups excluding carboxylic acids is 2. The Kier molecular flexibility index (Phi) is 7.40. The summed E-state index contributed by atoms with van der Waals surface area (Å²) >= 11 is 0. The third-order valence-electron chi connectivity index (χ3n) is 4.30. The number of sulfone groups is 1. The Morgan fingerprint density at radius 3 is 2.48 bits per heavy atom. The lowest BCUT2D eigenvalue weighted by Gasteiger charge is -2.34. The average molecular weight is 391 g/mol. The highest BCUT2D eigenvalue weighted by Crippen LogP contribution is 2.29. The first-order valence-corrected chi connectivity index (χ1v) is 9.55. The van der Waals surface area contributed by atoms with E-state index in [0.717, 1.165) is 6.26 Å². The van der Waals surface area contributed by atoms with E-state index in [2.05, 4.69) is 15.4 Å². The lowest BCUT2D eigenvalue weighted by atomic mass is 9.95. The van der Waals surface area contributed by atoms with Gasteiger partial charge in [-0.05, 0) is 43.6 Å². The molecule has 0 saturated carbocycles. The molecular formula is C16H23ClN2O5S. The first-order chi connectivity index (χ1) is 11.3. The van der Waals surface area contributed by atoms with Crippen molar-refractivity contribution in [1.82, 2.24) is 5.32 Å². The van der Waals surface area contributed by atoms with Crippen molar-refractivity contribution in [3.8, 4) is 0 Å². The summed E-state index contributed by atoms with van der Waals surface area (Å²) in [5.74, 6) is -0.911. The maximum Gasteiger partial charge on any atom is 0.309 e. The van der Waals surface area contributed by atoms with Crippen molar-refractivity contribution < 1.29 is 22.7 Å². The molecule has 1 aromatic rings. The Balaban J connectivity index is 0.00000312. The Bertz CT molecular complexity index is 730. The van der Waals surface area contributed by atoms with Crippen LogP contribution in [0.3, 0.4) is 0 Å². The number of anilines is 1. The van der Waals surface area contributed by atoms with Crippen molar-refractivity contribution in [1.29, 1.82) is 0 Å². The molecule has 1 fully saturated rings. The molecule has 25 heavy (non-hydrogen) atoms. The van der Waals surface area contributed by atoms with Crippen molar-refractivity contribution in [3.63, 3.8) is 0 Å². The zero-order chi connectivity index (χ0) is 17.8.